The van der Waals surface area contributed by atoms with E-state index in [2.05, 4.69) is 124 Å². The second-order valence-electron chi connectivity index (χ2n) is 13.0. The summed E-state index contributed by atoms with van der Waals surface area (Å²) in [6, 6.07) is 15.2. The maximum atomic E-state index is 12.2. The van der Waals surface area contributed by atoms with Crippen molar-refractivity contribution in [2.75, 3.05) is 18.5 Å². The van der Waals surface area contributed by atoms with Crippen LogP contribution in [0.5, 0.6) is 0 Å². The van der Waals surface area contributed by atoms with Crippen molar-refractivity contribution in [2.24, 2.45) is 0 Å². The summed E-state index contributed by atoms with van der Waals surface area (Å²) in [5.41, 5.74) is 8.72. The number of benzene rings is 2. The molecule has 0 unspecified atom stereocenters. The van der Waals surface area contributed by atoms with E-state index in [1.165, 1.54) is 39.5 Å². The Labute approximate surface area is 261 Å². The molecule has 7 nitrogen and oxygen atoms in total. The number of hydrogen-bond acceptors (Lipinski definition) is 5. The number of amides is 2. The Morgan fingerprint density at radius 1 is 0.909 bits per heavy atom. The first-order valence-corrected chi connectivity index (χ1v) is 15.6. The third-order valence-corrected chi connectivity index (χ3v) is 9.18. The van der Waals surface area contributed by atoms with Gasteiger partial charge in [0.2, 0.25) is 5.69 Å². The lowest BCUT2D eigenvalue weighted by molar-refractivity contribution is -0.438. The number of anilines is 1. The van der Waals surface area contributed by atoms with Gasteiger partial charge >= 0.3 is 5.97 Å². The van der Waals surface area contributed by atoms with Gasteiger partial charge in [-0.1, -0.05) is 68.0 Å². The maximum absolute atomic E-state index is 12.2. The molecular formula is C37H44N3O4+. The van der Waals surface area contributed by atoms with Crippen molar-refractivity contribution in [3.8, 4) is 0 Å². The molecule has 2 aromatic rings. The number of carbonyl (C=O) groups excluding carboxylic acids is 3. The lowest BCUT2D eigenvalue weighted by atomic mass is 9.81. The number of nitrogens with zero attached hydrogens (tertiary/aromatic N) is 3. The fourth-order valence-corrected chi connectivity index (χ4v) is 6.71. The summed E-state index contributed by atoms with van der Waals surface area (Å²) in [5.74, 6) is -1.43. The van der Waals surface area contributed by atoms with Crippen LogP contribution < -0.4 is 4.90 Å². The van der Waals surface area contributed by atoms with Gasteiger partial charge in [-0.15, -0.1) is 5.06 Å². The summed E-state index contributed by atoms with van der Waals surface area (Å²) < 4.78 is 2.39. The summed E-state index contributed by atoms with van der Waals surface area (Å²) >= 11 is 0. The number of para-hydroxylation sites is 1. The zero-order valence-corrected chi connectivity index (χ0v) is 26.9. The molecule has 0 spiro atoms. The number of hydroxylamine groups is 2. The van der Waals surface area contributed by atoms with E-state index in [-0.39, 0.29) is 30.1 Å². The molecule has 0 bridgehead atoms. The van der Waals surface area contributed by atoms with E-state index in [1.54, 1.807) is 0 Å². The molecule has 0 radical (unpaired) electrons. The Bertz CT molecular complexity index is 1590. The molecule has 0 atom stereocenters. The zero-order chi connectivity index (χ0) is 31.6. The largest absolute Gasteiger partial charge is 0.347 e. The molecule has 0 saturated carbocycles. The van der Waals surface area contributed by atoms with E-state index in [0.29, 0.717) is 11.5 Å². The summed E-state index contributed by atoms with van der Waals surface area (Å²) in [4.78, 5) is 42.9. The van der Waals surface area contributed by atoms with E-state index in [4.69, 9.17) is 4.84 Å². The first kappa shape index (κ1) is 31.2. The highest BCUT2D eigenvalue weighted by atomic mass is 16.7. The minimum atomic E-state index is -0.538. The van der Waals surface area contributed by atoms with Crippen LogP contribution in [0.1, 0.15) is 82.9 Å². The maximum Gasteiger partial charge on any atom is 0.333 e. The van der Waals surface area contributed by atoms with Gasteiger partial charge in [0.15, 0.2) is 5.71 Å². The van der Waals surface area contributed by atoms with E-state index in [1.807, 2.05) is 0 Å². The van der Waals surface area contributed by atoms with Gasteiger partial charge in [0.1, 0.15) is 6.54 Å². The van der Waals surface area contributed by atoms with Gasteiger partial charge in [-0.05, 0) is 51.3 Å². The van der Waals surface area contributed by atoms with Crippen molar-refractivity contribution in [2.45, 2.75) is 84.0 Å². The number of fused-ring (bicyclic) bond motifs is 2. The smallest absolute Gasteiger partial charge is 0.333 e. The zero-order valence-electron chi connectivity index (χ0n) is 26.9. The minimum Gasteiger partial charge on any atom is -0.347 e. The lowest BCUT2D eigenvalue weighted by Crippen LogP contribution is -2.31. The van der Waals surface area contributed by atoms with Crippen molar-refractivity contribution >= 4 is 34.9 Å². The molecule has 0 aromatic heterocycles. The summed E-state index contributed by atoms with van der Waals surface area (Å²) in [7, 11) is 2.14. The van der Waals surface area contributed by atoms with Crippen molar-refractivity contribution < 1.29 is 23.8 Å². The molecule has 230 valence electrons. The van der Waals surface area contributed by atoms with Gasteiger partial charge in [-0.3, -0.25) is 9.59 Å². The first-order chi connectivity index (χ1) is 20.9. The normalized spacial score (nSPS) is 19.6. The number of aryl methyl sites for hydroxylation is 1. The highest BCUT2D eigenvalue weighted by Crippen LogP contribution is 2.47. The second-order valence-corrected chi connectivity index (χ2v) is 13.0. The summed E-state index contributed by atoms with van der Waals surface area (Å²) in [6.45, 7) is 12.1. The van der Waals surface area contributed by atoms with Gasteiger partial charge in [0, 0.05) is 67.2 Å². The number of imide groups is 1. The van der Waals surface area contributed by atoms with Gasteiger partial charge in [-0.25, -0.2) is 4.79 Å². The van der Waals surface area contributed by atoms with Crippen LogP contribution in [0.3, 0.4) is 0 Å². The molecule has 3 aliphatic rings. The molecule has 2 amide bonds. The van der Waals surface area contributed by atoms with Gasteiger partial charge in [-0.2, -0.15) is 4.58 Å². The predicted molar refractivity (Wildman–Crippen MR) is 174 cm³/mol. The van der Waals surface area contributed by atoms with Crippen LogP contribution >= 0.6 is 0 Å². The van der Waals surface area contributed by atoms with Crippen LogP contribution in [0.25, 0.3) is 0 Å². The number of hydrogen-bond donors (Lipinski definition) is 0. The lowest BCUT2D eigenvalue weighted by Gasteiger charge is -2.23. The van der Waals surface area contributed by atoms with E-state index in [9.17, 15) is 14.4 Å². The third-order valence-electron chi connectivity index (χ3n) is 9.18. The van der Waals surface area contributed by atoms with Crippen LogP contribution in [-0.4, -0.2) is 46.7 Å². The number of allylic oxidation sites excluding steroid dienone is 6. The number of unbranched alkanes of at least 4 members (excludes halogenated alkanes) is 2. The van der Waals surface area contributed by atoms with Crippen molar-refractivity contribution in [3.05, 3.63) is 95.2 Å². The van der Waals surface area contributed by atoms with E-state index < -0.39 is 17.8 Å². The molecule has 3 heterocycles. The van der Waals surface area contributed by atoms with Crippen LogP contribution in [0.2, 0.25) is 0 Å². The Morgan fingerprint density at radius 2 is 1.64 bits per heavy atom. The topological polar surface area (TPSA) is 69.9 Å². The average Bonchev–Trinajstić information content (AvgIpc) is 3.48. The Balaban J connectivity index is 1.25. The first-order valence-electron chi connectivity index (χ1n) is 15.6. The van der Waals surface area contributed by atoms with Crippen LogP contribution in [-0.2, 0) is 30.1 Å². The molecule has 1 fully saturated rings. The molecule has 0 aliphatic carbocycles. The van der Waals surface area contributed by atoms with Gasteiger partial charge in [0.05, 0.1) is 5.41 Å². The molecule has 0 N–H and O–H groups in total. The molecule has 7 heteroatoms. The van der Waals surface area contributed by atoms with E-state index in [0.717, 1.165) is 19.4 Å². The molecule has 5 rings (SSSR count). The minimum absolute atomic E-state index is 0.0649. The molecule has 2 aromatic carbocycles. The standard InChI is InChI=1S/C37H44N3O4/c1-26-20-21-29-28(25-26)37(4,5)31(38(29)6)17-9-7-10-18-32-36(2,3)27-15-12-13-16-30(27)39(32)24-14-8-11-19-35(43)44-40-33(41)22-23-34(40)42/h7,9-10,12-13,15-18,20-21,25H,8,11,14,19,22-24H2,1-6H3/q+1. The van der Waals surface area contributed by atoms with Gasteiger partial charge in [0.25, 0.3) is 11.8 Å². The highest BCUT2D eigenvalue weighted by molar-refractivity contribution is 6.03. The van der Waals surface area contributed by atoms with Crippen molar-refractivity contribution in [1.82, 2.24) is 5.06 Å². The van der Waals surface area contributed by atoms with Crippen molar-refractivity contribution in [1.29, 1.82) is 0 Å². The fraction of sp³-hybridized carbons (Fsp3) is 0.405. The second kappa shape index (κ2) is 12.4. The number of rotatable bonds is 10. The Hall–Kier alpha value is -4.26. The number of likely N-dealkylation sites (N-methyl/N-ethyl adjacent to an activating group) is 1. The summed E-state index contributed by atoms with van der Waals surface area (Å²) in [6.07, 6.45) is 13.5. The fourth-order valence-electron chi connectivity index (χ4n) is 6.71. The third kappa shape index (κ3) is 5.92. The quantitative estimate of drug-likeness (QED) is 0.129. The van der Waals surface area contributed by atoms with E-state index >= 15 is 0 Å². The highest BCUT2D eigenvalue weighted by Gasteiger charge is 2.44. The van der Waals surface area contributed by atoms with Crippen LogP contribution in [0.15, 0.2) is 78.5 Å². The molecule has 3 aliphatic heterocycles. The number of carbonyl (C=O) groups is 3. The SMILES string of the molecule is Cc1ccc2c(c1)C(C)(C)/C(=C/C=C/C=C/C1=[N+](CCCCCC(=O)ON3C(=O)CCC3=O)c3ccccc3C1(C)C)N2C. The van der Waals surface area contributed by atoms with Crippen LogP contribution in [0, 0.1) is 6.92 Å². The summed E-state index contributed by atoms with van der Waals surface area (Å²) in [5, 5.41) is 0.622. The van der Waals surface area contributed by atoms with Crippen LogP contribution in [0.4, 0.5) is 11.4 Å². The van der Waals surface area contributed by atoms with Crippen molar-refractivity contribution in [3.63, 3.8) is 0 Å². The molecule has 44 heavy (non-hydrogen) atoms. The average molecular weight is 595 g/mol. The molecule has 1 saturated heterocycles. The Kier molecular flexibility index (Phi) is 8.78. The Morgan fingerprint density at radius 3 is 2.39 bits per heavy atom. The molecular weight excluding hydrogens is 550 g/mol. The monoisotopic (exact) mass is 594 g/mol. The predicted octanol–water partition coefficient (Wildman–Crippen LogP) is 6.96. The van der Waals surface area contributed by atoms with Gasteiger partial charge < -0.3 is 9.74 Å².